The molecule has 14 rings (SSSR count). The first-order valence-electron chi connectivity index (χ1n) is 22.0. The van der Waals surface area contributed by atoms with Gasteiger partial charge in [0, 0.05) is 64.3 Å². The Balaban J connectivity index is 0.960. The SMILES string of the molecule is c1ccc(-c2nc(-c3ccc(-c4nc5ccccc5c5cc6c(cc45)-c4ccccc4C64c5ccccc5Oc5ccccc54)cc3)cc(-c3cccc4c3sc3ccccc34)n2)cc1. The van der Waals surface area contributed by atoms with E-state index in [1.54, 1.807) is 0 Å². The van der Waals surface area contributed by atoms with Crippen LogP contribution in [0.4, 0.5) is 0 Å². The Morgan fingerprint density at radius 1 is 0.369 bits per heavy atom. The van der Waals surface area contributed by atoms with Gasteiger partial charge < -0.3 is 4.74 Å². The third-order valence-electron chi connectivity index (χ3n) is 13.6. The fourth-order valence-electron chi connectivity index (χ4n) is 10.7. The molecule has 0 bridgehead atoms. The lowest BCUT2D eigenvalue weighted by Crippen LogP contribution is -2.32. The minimum absolute atomic E-state index is 0.560. The molecule has 0 fully saturated rings. The molecular formula is C60H35N3OS. The van der Waals surface area contributed by atoms with Crippen LogP contribution in [-0.4, -0.2) is 15.0 Å². The first kappa shape index (κ1) is 36.3. The van der Waals surface area contributed by atoms with Gasteiger partial charge in [-0.1, -0.05) is 170 Å². The third kappa shape index (κ3) is 5.27. The van der Waals surface area contributed by atoms with E-state index >= 15 is 0 Å². The Labute approximate surface area is 378 Å². The summed E-state index contributed by atoms with van der Waals surface area (Å²) in [6.45, 7) is 0. The van der Waals surface area contributed by atoms with Gasteiger partial charge in [-0.05, 0) is 70.1 Å². The molecule has 1 aliphatic carbocycles. The molecule has 2 aliphatic rings. The van der Waals surface area contributed by atoms with Gasteiger partial charge in [0.2, 0.25) is 0 Å². The molecule has 1 aliphatic heterocycles. The second-order valence-electron chi connectivity index (χ2n) is 17.0. The summed E-state index contributed by atoms with van der Waals surface area (Å²) >= 11 is 1.82. The number of thiophene rings is 1. The van der Waals surface area contributed by atoms with E-state index in [2.05, 4.69) is 194 Å². The lowest BCUT2D eigenvalue weighted by atomic mass is 9.66. The minimum atomic E-state index is -0.560. The van der Waals surface area contributed by atoms with Crippen molar-refractivity contribution < 1.29 is 4.74 Å². The Kier molecular flexibility index (Phi) is 7.74. The number of rotatable bonds is 4. The molecule has 302 valence electrons. The van der Waals surface area contributed by atoms with Crippen LogP contribution >= 0.6 is 11.3 Å². The van der Waals surface area contributed by atoms with Crippen molar-refractivity contribution in [2.24, 2.45) is 0 Å². The average Bonchev–Trinajstić information content (AvgIpc) is 3.89. The molecule has 0 saturated carbocycles. The summed E-state index contributed by atoms with van der Waals surface area (Å²) in [5.41, 5.74) is 14.5. The van der Waals surface area contributed by atoms with E-state index in [-0.39, 0.29) is 0 Å². The molecule has 4 nitrogen and oxygen atoms in total. The van der Waals surface area contributed by atoms with Gasteiger partial charge in [0.15, 0.2) is 5.82 Å². The van der Waals surface area contributed by atoms with Gasteiger partial charge in [-0.25, -0.2) is 15.0 Å². The maximum Gasteiger partial charge on any atom is 0.160 e. The number of pyridine rings is 1. The number of ether oxygens (including phenoxy) is 1. The van der Waals surface area contributed by atoms with E-state index in [9.17, 15) is 0 Å². The monoisotopic (exact) mass is 845 g/mol. The van der Waals surface area contributed by atoms with Gasteiger partial charge in [-0.15, -0.1) is 11.3 Å². The summed E-state index contributed by atoms with van der Waals surface area (Å²) in [4.78, 5) is 15.9. The van der Waals surface area contributed by atoms with Crippen molar-refractivity contribution in [3.63, 3.8) is 0 Å². The molecule has 4 heterocycles. The van der Waals surface area contributed by atoms with Gasteiger partial charge in [0.05, 0.1) is 28.0 Å². The topological polar surface area (TPSA) is 47.9 Å². The first-order chi connectivity index (χ1) is 32.2. The van der Waals surface area contributed by atoms with Crippen LogP contribution in [0, 0.1) is 0 Å². The lowest BCUT2D eigenvalue weighted by molar-refractivity contribution is 0.436. The maximum atomic E-state index is 6.64. The summed E-state index contributed by atoms with van der Waals surface area (Å²) in [6.07, 6.45) is 0. The van der Waals surface area contributed by atoms with E-state index in [0.717, 1.165) is 78.3 Å². The van der Waals surface area contributed by atoms with Gasteiger partial charge in [0.25, 0.3) is 0 Å². The second-order valence-corrected chi connectivity index (χ2v) is 18.0. The molecule has 0 atom stereocenters. The van der Waals surface area contributed by atoms with Crippen LogP contribution in [0.1, 0.15) is 22.3 Å². The van der Waals surface area contributed by atoms with Crippen molar-refractivity contribution in [2.45, 2.75) is 5.41 Å². The molecule has 0 N–H and O–H groups in total. The van der Waals surface area contributed by atoms with Crippen molar-refractivity contribution in [3.8, 4) is 67.8 Å². The first-order valence-corrected chi connectivity index (χ1v) is 22.8. The zero-order valence-electron chi connectivity index (χ0n) is 34.9. The molecule has 0 amide bonds. The van der Waals surface area contributed by atoms with Gasteiger partial charge >= 0.3 is 0 Å². The van der Waals surface area contributed by atoms with Crippen molar-refractivity contribution in [2.75, 3.05) is 0 Å². The normalized spacial score (nSPS) is 13.2. The molecule has 0 unspecified atom stereocenters. The van der Waals surface area contributed by atoms with E-state index in [4.69, 9.17) is 19.7 Å². The van der Waals surface area contributed by atoms with Gasteiger partial charge in [-0.2, -0.15) is 0 Å². The Morgan fingerprint density at radius 3 is 1.82 bits per heavy atom. The average molecular weight is 846 g/mol. The number of nitrogens with zero attached hydrogens (tertiary/aromatic N) is 3. The standard InChI is InChI=1S/C60H35N3OS/c1-2-15-38(16-3-1)59-62-52(35-53(63-59)43-21-14-20-42-41-19-6-13-28-56(41)65-58(42)43)36-29-31-37(32-30-36)57-46-33-45-39-17-4-7-22-47(39)60(50(45)34-44(46)40-18-5-10-25-51(40)61-57)48-23-8-11-26-54(48)64-55-27-12-9-24-49(55)60/h1-35H. The zero-order valence-corrected chi connectivity index (χ0v) is 35.7. The Morgan fingerprint density at radius 2 is 1.00 bits per heavy atom. The molecule has 0 saturated heterocycles. The van der Waals surface area contributed by atoms with Crippen molar-refractivity contribution in [1.29, 1.82) is 0 Å². The van der Waals surface area contributed by atoms with Crippen LogP contribution in [0.2, 0.25) is 0 Å². The lowest BCUT2D eigenvalue weighted by Gasteiger charge is -2.39. The van der Waals surface area contributed by atoms with Gasteiger partial charge in [-0.3, -0.25) is 0 Å². The smallest absolute Gasteiger partial charge is 0.160 e. The van der Waals surface area contributed by atoms with Crippen molar-refractivity contribution in [1.82, 2.24) is 15.0 Å². The van der Waals surface area contributed by atoms with Crippen LogP contribution in [0.15, 0.2) is 212 Å². The molecular weight excluding hydrogens is 811 g/mol. The van der Waals surface area contributed by atoms with E-state index in [1.165, 1.54) is 47.8 Å². The van der Waals surface area contributed by atoms with Crippen LogP contribution in [0.3, 0.4) is 0 Å². The van der Waals surface area contributed by atoms with E-state index < -0.39 is 5.41 Å². The van der Waals surface area contributed by atoms with Crippen LogP contribution in [0.5, 0.6) is 11.5 Å². The highest BCUT2D eigenvalue weighted by atomic mass is 32.1. The number of benzene rings is 9. The minimum Gasteiger partial charge on any atom is -0.457 e. The molecule has 5 heteroatoms. The second kappa shape index (κ2) is 13.9. The molecule has 0 radical (unpaired) electrons. The predicted molar refractivity (Wildman–Crippen MR) is 267 cm³/mol. The summed E-state index contributed by atoms with van der Waals surface area (Å²) < 4.78 is 9.14. The van der Waals surface area contributed by atoms with E-state index in [0.29, 0.717) is 5.82 Å². The number of fused-ring (bicyclic) bond motifs is 15. The number of hydrogen-bond acceptors (Lipinski definition) is 5. The largest absolute Gasteiger partial charge is 0.457 e. The fourth-order valence-corrected chi connectivity index (χ4v) is 11.9. The fraction of sp³-hybridized carbons (Fsp3) is 0.0167. The quantitative estimate of drug-likeness (QED) is 0.166. The Hall–Kier alpha value is -8.25. The van der Waals surface area contributed by atoms with Crippen molar-refractivity contribution >= 4 is 53.2 Å². The molecule has 65 heavy (non-hydrogen) atoms. The number of hydrogen-bond donors (Lipinski definition) is 0. The highest BCUT2D eigenvalue weighted by Crippen LogP contribution is 2.62. The predicted octanol–water partition coefficient (Wildman–Crippen LogP) is 15.7. The molecule has 1 spiro atoms. The van der Waals surface area contributed by atoms with E-state index in [1.807, 2.05) is 29.5 Å². The summed E-state index contributed by atoms with van der Waals surface area (Å²) in [5, 5.41) is 5.93. The van der Waals surface area contributed by atoms with Crippen LogP contribution in [-0.2, 0) is 5.41 Å². The zero-order chi connectivity index (χ0) is 42.6. The van der Waals surface area contributed by atoms with Crippen LogP contribution in [0.25, 0.3) is 98.1 Å². The highest BCUT2D eigenvalue weighted by Gasteiger charge is 2.51. The molecule has 12 aromatic rings. The van der Waals surface area contributed by atoms with Crippen LogP contribution < -0.4 is 4.74 Å². The summed E-state index contributed by atoms with van der Waals surface area (Å²) in [5.74, 6) is 2.47. The van der Waals surface area contributed by atoms with Gasteiger partial charge in [0.1, 0.15) is 11.5 Å². The summed E-state index contributed by atoms with van der Waals surface area (Å²) in [7, 11) is 0. The number of aromatic nitrogens is 3. The molecule has 9 aromatic carbocycles. The Bertz CT molecular complexity index is 3880. The summed E-state index contributed by atoms with van der Waals surface area (Å²) in [6, 6.07) is 75.8. The number of para-hydroxylation sites is 3. The highest BCUT2D eigenvalue weighted by molar-refractivity contribution is 7.26. The molecule has 3 aromatic heterocycles. The van der Waals surface area contributed by atoms with Crippen molar-refractivity contribution in [3.05, 3.63) is 235 Å². The third-order valence-corrected chi connectivity index (χ3v) is 14.8. The maximum absolute atomic E-state index is 6.64.